The van der Waals surface area contributed by atoms with Crippen molar-refractivity contribution >= 4 is 38.3 Å². The number of nitrogens with zero attached hydrogens (tertiary/aromatic N) is 2. The van der Waals surface area contributed by atoms with Gasteiger partial charge in [-0.2, -0.15) is 0 Å². The summed E-state index contributed by atoms with van der Waals surface area (Å²) in [6, 6.07) is 17.8. The van der Waals surface area contributed by atoms with Crippen molar-refractivity contribution in [3.63, 3.8) is 0 Å². The van der Waals surface area contributed by atoms with Gasteiger partial charge in [0.25, 0.3) is 10.0 Å². The fraction of sp³-hybridized carbons (Fsp3) is 0.419. The number of hydrogen-bond acceptors (Lipinski definition) is 5. The number of carbonyl (C=O) groups is 2. The maximum atomic E-state index is 13.6. The van der Waals surface area contributed by atoms with Crippen LogP contribution >= 0.6 is 0 Å². The van der Waals surface area contributed by atoms with Gasteiger partial charge in [-0.25, -0.2) is 8.42 Å². The zero-order chi connectivity index (χ0) is 28.3. The van der Waals surface area contributed by atoms with E-state index in [4.69, 9.17) is 4.74 Å². The SMILES string of the molecule is COc1cccc(CN(C(=O)CCCN2c3cccc4cccc(c34)S2(=O)=O)[C@H](C)C(=O)NC2CCCCC2)c1. The number of benzene rings is 3. The van der Waals surface area contributed by atoms with E-state index in [9.17, 15) is 18.0 Å². The number of ether oxygens (including phenoxy) is 1. The van der Waals surface area contributed by atoms with Crippen molar-refractivity contribution < 1.29 is 22.7 Å². The second-order valence-electron chi connectivity index (χ2n) is 10.7. The zero-order valence-electron chi connectivity index (χ0n) is 23.1. The van der Waals surface area contributed by atoms with Crippen molar-refractivity contribution in [2.75, 3.05) is 18.0 Å². The molecule has 1 N–H and O–H groups in total. The summed E-state index contributed by atoms with van der Waals surface area (Å²) >= 11 is 0. The number of rotatable bonds is 10. The topological polar surface area (TPSA) is 96.0 Å². The lowest BCUT2D eigenvalue weighted by atomic mass is 9.95. The van der Waals surface area contributed by atoms with Gasteiger partial charge in [0.2, 0.25) is 11.8 Å². The Balaban J connectivity index is 1.30. The summed E-state index contributed by atoms with van der Waals surface area (Å²) in [5.74, 6) is 0.325. The Morgan fingerprint density at radius 3 is 2.52 bits per heavy atom. The van der Waals surface area contributed by atoms with E-state index in [2.05, 4.69) is 5.32 Å². The third-order valence-corrected chi connectivity index (χ3v) is 9.89. The van der Waals surface area contributed by atoms with Crippen LogP contribution in [0.2, 0.25) is 0 Å². The van der Waals surface area contributed by atoms with Crippen LogP contribution < -0.4 is 14.4 Å². The molecule has 3 aromatic rings. The van der Waals surface area contributed by atoms with Gasteiger partial charge in [0.15, 0.2) is 0 Å². The lowest BCUT2D eigenvalue weighted by Gasteiger charge is -2.31. The fourth-order valence-corrected chi connectivity index (χ4v) is 7.58. The number of hydrogen-bond donors (Lipinski definition) is 1. The van der Waals surface area contributed by atoms with Gasteiger partial charge in [-0.1, -0.05) is 55.7 Å². The van der Waals surface area contributed by atoms with Crippen molar-refractivity contribution in [3.05, 3.63) is 66.2 Å². The molecule has 3 aromatic carbocycles. The molecule has 1 aliphatic heterocycles. The van der Waals surface area contributed by atoms with Gasteiger partial charge in [0.1, 0.15) is 11.8 Å². The maximum absolute atomic E-state index is 13.6. The van der Waals surface area contributed by atoms with Crippen LogP contribution in [0.5, 0.6) is 5.75 Å². The molecule has 9 heteroatoms. The van der Waals surface area contributed by atoms with Gasteiger partial charge in [-0.15, -0.1) is 0 Å². The minimum atomic E-state index is -3.69. The summed E-state index contributed by atoms with van der Waals surface area (Å²) in [7, 11) is -2.10. The van der Waals surface area contributed by atoms with Crippen LogP contribution in [-0.2, 0) is 26.2 Å². The molecule has 2 aliphatic rings. The number of sulfonamides is 1. The molecule has 1 aliphatic carbocycles. The van der Waals surface area contributed by atoms with E-state index in [0.717, 1.165) is 42.0 Å². The normalized spacial score (nSPS) is 17.0. The average molecular weight is 564 g/mol. The van der Waals surface area contributed by atoms with E-state index in [-0.39, 0.29) is 37.4 Å². The summed E-state index contributed by atoms with van der Waals surface area (Å²) in [6.07, 6.45) is 5.75. The van der Waals surface area contributed by atoms with Gasteiger partial charge in [-0.3, -0.25) is 13.9 Å². The summed E-state index contributed by atoms with van der Waals surface area (Å²) in [5, 5.41) is 4.75. The third kappa shape index (κ3) is 5.66. The van der Waals surface area contributed by atoms with Crippen LogP contribution in [0.25, 0.3) is 10.8 Å². The summed E-state index contributed by atoms with van der Waals surface area (Å²) < 4.78 is 33.4. The van der Waals surface area contributed by atoms with Crippen LogP contribution in [-0.4, -0.2) is 50.9 Å². The molecule has 1 atom stereocenters. The van der Waals surface area contributed by atoms with Crippen molar-refractivity contribution in [3.8, 4) is 5.75 Å². The number of methoxy groups -OCH3 is 1. The molecule has 0 saturated heterocycles. The van der Waals surface area contributed by atoms with E-state index in [1.807, 2.05) is 48.5 Å². The van der Waals surface area contributed by atoms with Crippen LogP contribution in [0.15, 0.2) is 65.6 Å². The Hall–Kier alpha value is -3.59. The van der Waals surface area contributed by atoms with Gasteiger partial charge >= 0.3 is 0 Å². The standard InChI is InChI=1S/C31H37N3O5S/c1-22(31(36)32-25-13-4-3-5-14-25)33(21-23-10-6-15-26(20-23)39-2)29(35)18-9-19-34-27-16-7-11-24-12-8-17-28(30(24)27)40(34,37)38/h6-8,10-12,15-17,20,22,25H,3-5,9,13-14,18-19,21H2,1-2H3,(H,32,36)/t22-/m1/s1. The average Bonchev–Trinajstić information content (AvgIpc) is 3.19. The molecule has 0 aromatic heterocycles. The van der Waals surface area contributed by atoms with Gasteiger partial charge in [0, 0.05) is 30.9 Å². The maximum Gasteiger partial charge on any atom is 0.265 e. The monoisotopic (exact) mass is 563 g/mol. The largest absolute Gasteiger partial charge is 0.497 e. The lowest BCUT2D eigenvalue weighted by molar-refractivity contribution is -0.141. The molecule has 0 bridgehead atoms. The van der Waals surface area contributed by atoms with Gasteiger partial charge < -0.3 is 15.0 Å². The highest BCUT2D eigenvalue weighted by Gasteiger charge is 2.35. The Kier molecular flexibility index (Phi) is 8.30. The highest BCUT2D eigenvalue weighted by Crippen LogP contribution is 2.42. The number of amides is 2. The van der Waals surface area contributed by atoms with Crippen LogP contribution in [0.4, 0.5) is 5.69 Å². The van der Waals surface area contributed by atoms with Gasteiger partial charge in [-0.05, 0) is 61.4 Å². The lowest BCUT2D eigenvalue weighted by Crippen LogP contribution is -2.50. The third-order valence-electron chi connectivity index (χ3n) is 8.04. The molecule has 1 saturated carbocycles. The smallest absolute Gasteiger partial charge is 0.265 e. The molecule has 2 amide bonds. The highest BCUT2D eigenvalue weighted by molar-refractivity contribution is 7.93. The minimum absolute atomic E-state index is 0.114. The molecule has 212 valence electrons. The van der Waals surface area contributed by atoms with Crippen molar-refractivity contribution in [1.82, 2.24) is 10.2 Å². The van der Waals surface area contributed by atoms with Crippen LogP contribution in [0.3, 0.4) is 0 Å². The quantitative estimate of drug-likeness (QED) is 0.374. The van der Waals surface area contributed by atoms with Crippen LogP contribution in [0.1, 0.15) is 57.4 Å². The predicted molar refractivity (Wildman–Crippen MR) is 156 cm³/mol. The number of nitrogens with one attached hydrogen (secondary N) is 1. The van der Waals surface area contributed by atoms with E-state index in [1.165, 1.54) is 10.7 Å². The molecule has 1 fully saturated rings. The minimum Gasteiger partial charge on any atom is -0.497 e. The molecule has 40 heavy (non-hydrogen) atoms. The van der Waals surface area contributed by atoms with Crippen LogP contribution in [0, 0.1) is 0 Å². The Morgan fingerprint density at radius 1 is 1.05 bits per heavy atom. The second kappa shape index (κ2) is 11.9. The fourth-order valence-electron chi connectivity index (χ4n) is 5.84. The molecule has 0 unspecified atom stereocenters. The van der Waals surface area contributed by atoms with Crippen molar-refractivity contribution in [2.24, 2.45) is 0 Å². The predicted octanol–water partition coefficient (Wildman–Crippen LogP) is 5.00. The molecule has 0 radical (unpaired) electrons. The first kappa shape index (κ1) is 28.0. The molecular formula is C31H37N3O5S. The first-order valence-electron chi connectivity index (χ1n) is 14.1. The first-order chi connectivity index (χ1) is 19.3. The second-order valence-corrected chi connectivity index (χ2v) is 12.5. The molecule has 8 nitrogen and oxygen atoms in total. The van der Waals surface area contributed by atoms with Gasteiger partial charge in [0.05, 0.1) is 17.7 Å². The summed E-state index contributed by atoms with van der Waals surface area (Å²) in [6.45, 7) is 2.19. The first-order valence-corrected chi connectivity index (χ1v) is 15.5. The summed E-state index contributed by atoms with van der Waals surface area (Å²) in [4.78, 5) is 28.8. The van der Waals surface area contributed by atoms with E-state index in [1.54, 1.807) is 31.1 Å². The highest BCUT2D eigenvalue weighted by atomic mass is 32.2. The molecule has 0 spiro atoms. The van der Waals surface area contributed by atoms with E-state index >= 15 is 0 Å². The Labute approximate surface area is 236 Å². The van der Waals surface area contributed by atoms with E-state index in [0.29, 0.717) is 22.8 Å². The molecular weight excluding hydrogens is 526 g/mol. The van der Waals surface area contributed by atoms with Crippen molar-refractivity contribution in [1.29, 1.82) is 0 Å². The number of anilines is 1. The Morgan fingerprint density at radius 2 is 1.77 bits per heavy atom. The summed E-state index contributed by atoms with van der Waals surface area (Å²) in [5.41, 5.74) is 1.50. The molecule has 1 heterocycles. The number of carbonyl (C=O) groups excluding carboxylic acids is 2. The van der Waals surface area contributed by atoms with Crippen molar-refractivity contribution in [2.45, 2.75) is 75.4 Å². The zero-order valence-corrected chi connectivity index (χ0v) is 24.0. The van der Waals surface area contributed by atoms with E-state index < -0.39 is 16.1 Å². The Bertz CT molecular complexity index is 1490. The molecule has 5 rings (SSSR count).